The van der Waals surface area contributed by atoms with Crippen LogP contribution in [-0.2, 0) is 24.0 Å². The second-order valence-electron chi connectivity index (χ2n) is 11.3. The number of carbonyl (C=O) groups excluding carboxylic acids is 1. The van der Waals surface area contributed by atoms with Crippen LogP contribution in [0.2, 0.25) is 0 Å². The van der Waals surface area contributed by atoms with Crippen molar-refractivity contribution in [3.63, 3.8) is 0 Å². The molecule has 6 N–H and O–H groups in total. The van der Waals surface area contributed by atoms with E-state index in [1.165, 1.54) is 30.2 Å². The molecular weight excluding hydrogens is 548 g/mol. The lowest BCUT2D eigenvalue weighted by Gasteiger charge is -2.24. The van der Waals surface area contributed by atoms with Gasteiger partial charge in [-0.3, -0.25) is 4.57 Å². The number of nitrogen functional groups attached to an aromatic ring is 1. The average Bonchev–Trinajstić information content (AvgIpc) is 3.57. The Bertz CT molecular complexity index is 1590. The summed E-state index contributed by atoms with van der Waals surface area (Å²) in [5.74, 6) is 0.232. The number of anilines is 3. The first-order valence-electron chi connectivity index (χ1n) is 14.8. The minimum Gasteiger partial charge on any atom is -0.388 e. The molecule has 2 amide bonds. The van der Waals surface area contributed by atoms with Gasteiger partial charge in [-0.15, -0.1) is 0 Å². The first-order chi connectivity index (χ1) is 20.9. The molecule has 12 nitrogen and oxygen atoms in total. The number of aliphatic hydroxyl groups excluding tert-OH is 2. The van der Waals surface area contributed by atoms with Gasteiger partial charge in [0.15, 0.2) is 17.7 Å². The number of aliphatic hydroxyl groups is 2. The van der Waals surface area contributed by atoms with E-state index in [4.69, 9.17) is 10.5 Å². The molecule has 0 radical (unpaired) electrons. The molecule has 4 aromatic rings. The Labute approximate surface area is 249 Å². The van der Waals surface area contributed by atoms with Crippen molar-refractivity contribution in [3.05, 3.63) is 71.8 Å². The fraction of sp³-hybridized carbons (Fsp3) is 0.419. The molecule has 226 valence electrons. The number of amides is 2. The van der Waals surface area contributed by atoms with E-state index in [2.05, 4.69) is 36.6 Å². The monoisotopic (exact) mass is 586 g/mol. The molecule has 0 spiro atoms. The third-order valence-corrected chi connectivity index (χ3v) is 8.42. The van der Waals surface area contributed by atoms with Crippen LogP contribution in [0.4, 0.5) is 22.0 Å². The summed E-state index contributed by atoms with van der Waals surface area (Å²) in [4.78, 5) is 27.2. The number of nitrogens with one attached hydrogen (secondary N) is 2. The van der Waals surface area contributed by atoms with Crippen molar-refractivity contribution in [1.29, 1.82) is 0 Å². The number of hydrogen-bond acceptors (Lipinski definition) is 9. The number of fused-ring (bicyclic) bond motifs is 2. The van der Waals surface area contributed by atoms with Gasteiger partial charge in [0.2, 0.25) is 0 Å². The number of para-hydroxylation sites is 1. The lowest BCUT2D eigenvalue weighted by molar-refractivity contribution is -0.0344. The SMILES string of the molecule is CN(CCCNC(=O)Nc1cccc2c1CCCC2)c1ccccc1C[C@H]1O[C@@H](n2cnc3c(N)ncnc32)[C@H](O)[C@@H]1O. The van der Waals surface area contributed by atoms with Crippen molar-refractivity contribution < 1.29 is 19.7 Å². The van der Waals surface area contributed by atoms with Crippen LogP contribution in [0, 0.1) is 0 Å². The summed E-state index contributed by atoms with van der Waals surface area (Å²) in [6.07, 6.45) is 4.56. The first kappa shape index (κ1) is 28.8. The van der Waals surface area contributed by atoms with E-state index in [0.717, 1.165) is 42.6 Å². The summed E-state index contributed by atoms with van der Waals surface area (Å²) in [6.45, 7) is 1.23. The van der Waals surface area contributed by atoms with Crippen molar-refractivity contribution in [2.45, 2.75) is 63.1 Å². The maximum absolute atomic E-state index is 12.6. The highest BCUT2D eigenvalue weighted by Gasteiger charge is 2.44. The Hall–Kier alpha value is -4.26. The number of imidazole rings is 1. The van der Waals surface area contributed by atoms with Gasteiger partial charge in [-0.25, -0.2) is 19.7 Å². The quantitative estimate of drug-likeness (QED) is 0.186. The number of carbonyl (C=O) groups is 1. The number of urea groups is 1. The van der Waals surface area contributed by atoms with Gasteiger partial charge in [0, 0.05) is 37.9 Å². The Morgan fingerprint density at radius 3 is 2.81 bits per heavy atom. The number of nitrogens with two attached hydrogens (primary N) is 1. The zero-order valence-corrected chi connectivity index (χ0v) is 24.2. The van der Waals surface area contributed by atoms with Gasteiger partial charge >= 0.3 is 6.03 Å². The van der Waals surface area contributed by atoms with Gasteiger partial charge in [-0.05, 0) is 60.9 Å². The second kappa shape index (κ2) is 12.5. The number of benzene rings is 2. The van der Waals surface area contributed by atoms with Crippen LogP contribution in [0.3, 0.4) is 0 Å². The van der Waals surface area contributed by atoms with Gasteiger partial charge in [0.05, 0.1) is 12.4 Å². The first-order valence-corrected chi connectivity index (χ1v) is 14.8. The molecule has 2 aromatic carbocycles. The largest absolute Gasteiger partial charge is 0.388 e. The summed E-state index contributed by atoms with van der Waals surface area (Å²) < 4.78 is 7.75. The molecule has 2 aliphatic rings. The van der Waals surface area contributed by atoms with Crippen molar-refractivity contribution in [2.24, 2.45) is 0 Å². The van der Waals surface area contributed by atoms with Crippen LogP contribution in [0.25, 0.3) is 11.2 Å². The molecule has 1 fully saturated rings. The summed E-state index contributed by atoms with van der Waals surface area (Å²) in [5, 5.41) is 27.8. The number of aromatic nitrogens is 4. The zero-order chi connectivity index (χ0) is 29.9. The maximum atomic E-state index is 12.6. The normalized spacial score (nSPS) is 21.5. The van der Waals surface area contributed by atoms with Gasteiger partial charge < -0.3 is 36.2 Å². The van der Waals surface area contributed by atoms with E-state index >= 15 is 0 Å². The highest BCUT2D eigenvalue weighted by atomic mass is 16.6. The van der Waals surface area contributed by atoms with Crippen LogP contribution >= 0.6 is 0 Å². The summed E-state index contributed by atoms with van der Waals surface area (Å²) >= 11 is 0. The van der Waals surface area contributed by atoms with Crippen molar-refractivity contribution in [2.75, 3.05) is 36.1 Å². The molecule has 0 unspecified atom stereocenters. The molecule has 0 bridgehead atoms. The zero-order valence-electron chi connectivity index (χ0n) is 24.2. The second-order valence-corrected chi connectivity index (χ2v) is 11.3. The fourth-order valence-corrected chi connectivity index (χ4v) is 6.16. The lowest BCUT2D eigenvalue weighted by atomic mass is 9.90. The highest BCUT2D eigenvalue weighted by Crippen LogP contribution is 2.35. The Morgan fingerprint density at radius 1 is 1.09 bits per heavy atom. The summed E-state index contributed by atoms with van der Waals surface area (Å²) in [5.41, 5.74) is 12.2. The Kier molecular flexibility index (Phi) is 8.41. The molecule has 1 aliphatic carbocycles. The maximum Gasteiger partial charge on any atom is 0.319 e. The lowest BCUT2D eigenvalue weighted by Crippen LogP contribution is -2.33. The van der Waals surface area contributed by atoms with E-state index in [-0.39, 0.29) is 11.8 Å². The number of ether oxygens (including phenoxy) is 1. The van der Waals surface area contributed by atoms with Crippen LogP contribution in [-0.4, -0.2) is 74.2 Å². The van der Waals surface area contributed by atoms with E-state index in [1.807, 2.05) is 43.4 Å². The van der Waals surface area contributed by atoms with Gasteiger partial charge in [0.1, 0.15) is 24.1 Å². The van der Waals surface area contributed by atoms with Crippen LogP contribution in [0.5, 0.6) is 0 Å². The molecule has 1 saturated heterocycles. The van der Waals surface area contributed by atoms with Gasteiger partial charge in [-0.2, -0.15) is 0 Å². The van der Waals surface area contributed by atoms with E-state index in [1.54, 1.807) is 4.57 Å². The average molecular weight is 587 g/mol. The topological polar surface area (TPSA) is 164 Å². The molecule has 3 heterocycles. The van der Waals surface area contributed by atoms with Crippen LogP contribution < -0.4 is 21.3 Å². The smallest absolute Gasteiger partial charge is 0.319 e. The number of aryl methyl sites for hydroxylation is 1. The molecule has 1 aliphatic heterocycles. The molecule has 6 rings (SSSR count). The van der Waals surface area contributed by atoms with Crippen LogP contribution in [0.15, 0.2) is 55.1 Å². The standard InChI is InChI=1S/C31H38N8O4/c1-38(15-7-14-33-31(42)37-22-12-6-10-19-8-2-4-11-21(19)22)23-13-5-3-9-20(23)16-24-26(40)27(41)30(43-24)39-18-36-25-28(32)34-17-35-29(25)39/h3,5-6,9-10,12-13,17-18,24,26-27,30,40-41H,2,4,7-8,11,14-16H2,1H3,(H2,32,34,35)(H2,33,37,42)/t24-,26-,27-,30-/m1/s1. The predicted molar refractivity (Wildman–Crippen MR) is 164 cm³/mol. The van der Waals surface area contributed by atoms with E-state index in [0.29, 0.717) is 30.7 Å². The minimum absolute atomic E-state index is 0.192. The number of rotatable bonds is 9. The summed E-state index contributed by atoms with van der Waals surface area (Å²) in [7, 11) is 2.00. The Morgan fingerprint density at radius 2 is 1.93 bits per heavy atom. The van der Waals surface area contributed by atoms with E-state index in [9.17, 15) is 15.0 Å². The summed E-state index contributed by atoms with van der Waals surface area (Å²) in [6, 6.07) is 13.9. The predicted octanol–water partition coefficient (Wildman–Crippen LogP) is 2.80. The number of nitrogens with zero attached hydrogens (tertiary/aromatic N) is 5. The van der Waals surface area contributed by atoms with Gasteiger partial charge in [0.25, 0.3) is 0 Å². The van der Waals surface area contributed by atoms with Crippen molar-refractivity contribution >= 4 is 34.4 Å². The molecule has 2 aromatic heterocycles. The fourth-order valence-electron chi connectivity index (χ4n) is 6.16. The minimum atomic E-state index is -1.18. The molecule has 12 heteroatoms. The molecule has 0 saturated carbocycles. The van der Waals surface area contributed by atoms with Crippen molar-refractivity contribution in [3.8, 4) is 0 Å². The molecule has 43 heavy (non-hydrogen) atoms. The third-order valence-electron chi connectivity index (χ3n) is 8.42. The van der Waals surface area contributed by atoms with Crippen LogP contribution in [0.1, 0.15) is 42.2 Å². The number of hydrogen-bond donors (Lipinski definition) is 5. The molecule has 4 atom stereocenters. The van der Waals surface area contributed by atoms with E-state index < -0.39 is 24.5 Å². The highest BCUT2D eigenvalue weighted by molar-refractivity contribution is 5.90. The third kappa shape index (κ3) is 5.99. The van der Waals surface area contributed by atoms with Crippen molar-refractivity contribution in [1.82, 2.24) is 24.8 Å². The Balaban J connectivity index is 1.04. The van der Waals surface area contributed by atoms with Gasteiger partial charge in [-0.1, -0.05) is 30.3 Å². The molecular formula is C31H38N8O4.